The van der Waals surface area contributed by atoms with Crippen molar-refractivity contribution in [2.45, 2.75) is 5.67 Å². The van der Waals surface area contributed by atoms with Crippen LogP contribution in [0.15, 0.2) is 32.3 Å². The number of alkyl halides is 1. The lowest BCUT2D eigenvalue weighted by molar-refractivity contribution is 0.0340. The van der Waals surface area contributed by atoms with Gasteiger partial charge in [-0.1, -0.05) is 0 Å². The molecule has 1 aromatic heterocycles. The Morgan fingerprint density at radius 3 is 2.89 bits per heavy atom. The molecule has 0 bridgehead atoms. The van der Waals surface area contributed by atoms with Crippen LogP contribution in [0, 0.1) is 5.82 Å². The fourth-order valence-corrected chi connectivity index (χ4v) is 3.43. The molecule has 27 heavy (non-hydrogen) atoms. The van der Waals surface area contributed by atoms with Crippen LogP contribution in [0.3, 0.4) is 0 Å². The zero-order valence-corrected chi connectivity index (χ0v) is 15.9. The van der Waals surface area contributed by atoms with E-state index >= 15 is 0 Å². The molecule has 0 aliphatic carbocycles. The summed E-state index contributed by atoms with van der Waals surface area (Å²) in [5, 5.41) is 24.5. The van der Waals surface area contributed by atoms with Crippen molar-refractivity contribution >= 4 is 44.8 Å². The number of hydrogen-bond acceptors (Lipinski definition) is 9. The smallest absolute Gasteiger partial charge is 0.202 e. The lowest BCUT2D eigenvalue weighted by Gasteiger charge is -2.41. The van der Waals surface area contributed by atoms with Gasteiger partial charge in [0.15, 0.2) is 17.2 Å². The molecule has 10 nitrogen and oxygen atoms in total. The average molecular weight is 466 g/mol. The summed E-state index contributed by atoms with van der Waals surface area (Å²) >= 11 is 1.31. The summed E-state index contributed by atoms with van der Waals surface area (Å²) in [6, 6.07) is 3.96. The molecule has 0 spiro atoms. The van der Waals surface area contributed by atoms with Crippen molar-refractivity contribution in [2.75, 3.05) is 25.0 Å². The number of amidine groups is 1. The van der Waals surface area contributed by atoms with Crippen molar-refractivity contribution in [1.82, 2.24) is 20.1 Å². The van der Waals surface area contributed by atoms with Crippen molar-refractivity contribution < 1.29 is 23.2 Å². The van der Waals surface area contributed by atoms with E-state index in [1.807, 2.05) is 5.48 Å². The Labute approximate surface area is 163 Å². The van der Waals surface area contributed by atoms with Gasteiger partial charge in [-0.25, -0.2) is 18.4 Å². The van der Waals surface area contributed by atoms with Crippen molar-refractivity contribution in [2.24, 2.45) is 10.1 Å². The highest BCUT2D eigenvalue weighted by molar-refractivity contribution is 9.10. The quantitative estimate of drug-likeness (QED) is 0.212. The SMILES string of the molecule is N[S+]([O-])N1CC(F)(CNc2nonc2C(=Nc2ccc(F)c(Br)c2)NO)C1. The van der Waals surface area contributed by atoms with Crippen LogP contribution in [0.2, 0.25) is 0 Å². The van der Waals surface area contributed by atoms with E-state index in [4.69, 9.17) is 5.14 Å². The highest BCUT2D eigenvalue weighted by Crippen LogP contribution is 2.28. The predicted octanol–water partition coefficient (Wildman–Crippen LogP) is 1.00. The Morgan fingerprint density at radius 1 is 1.52 bits per heavy atom. The molecule has 2 heterocycles. The topological polar surface area (TPSA) is 148 Å². The van der Waals surface area contributed by atoms with E-state index in [0.717, 1.165) is 0 Å². The van der Waals surface area contributed by atoms with Gasteiger partial charge in [0.2, 0.25) is 5.82 Å². The number of nitrogens with one attached hydrogen (secondary N) is 2. The Hall–Kier alpha value is -1.84. The first-order valence-corrected chi connectivity index (χ1v) is 9.38. The van der Waals surface area contributed by atoms with Crippen LogP contribution in [-0.2, 0) is 11.5 Å². The molecule has 1 aliphatic heterocycles. The Morgan fingerprint density at radius 2 is 2.26 bits per heavy atom. The second-order valence-electron chi connectivity index (χ2n) is 5.71. The highest BCUT2D eigenvalue weighted by atomic mass is 79.9. The van der Waals surface area contributed by atoms with Gasteiger partial charge in [0.05, 0.1) is 29.8 Å². The van der Waals surface area contributed by atoms with E-state index in [2.05, 4.69) is 41.2 Å². The van der Waals surface area contributed by atoms with Gasteiger partial charge in [-0.3, -0.25) is 10.7 Å². The summed E-state index contributed by atoms with van der Waals surface area (Å²) < 4.78 is 44.9. The fraction of sp³-hybridized carbons (Fsp3) is 0.308. The summed E-state index contributed by atoms with van der Waals surface area (Å²) in [5.74, 6) is -0.594. The molecule has 2 aromatic rings. The average Bonchev–Trinajstić information content (AvgIpc) is 3.06. The van der Waals surface area contributed by atoms with Gasteiger partial charge in [-0.05, 0) is 44.4 Å². The van der Waals surface area contributed by atoms with Crippen LogP contribution >= 0.6 is 15.9 Å². The number of aromatic nitrogens is 2. The molecule has 0 saturated carbocycles. The van der Waals surface area contributed by atoms with Crippen LogP contribution in [0.1, 0.15) is 5.69 Å². The number of rotatable bonds is 6. The van der Waals surface area contributed by atoms with Crippen molar-refractivity contribution in [3.05, 3.63) is 34.2 Å². The number of nitrogens with two attached hydrogens (primary N) is 1. The zero-order chi connectivity index (χ0) is 19.6. The third-order valence-electron chi connectivity index (χ3n) is 3.71. The molecular weight excluding hydrogens is 452 g/mol. The second-order valence-corrected chi connectivity index (χ2v) is 7.63. The maximum atomic E-state index is 14.4. The molecule has 1 aromatic carbocycles. The molecule has 3 rings (SSSR count). The van der Waals surface area contributed by atoms with Gasteiger partial charge in [-0.2, -0.15) is 0 Å². The summed E-state index contributed by atoms with van der Waals surface area (Å²) in [5.41, 5.74) is 0.486. The van der Waals surface area contributed by atoms with E-state index in [1.54, 1.807) is 0 Å². The number of hydrogen-bond donors (Lipinski definition) is 4. The third kappa shape index (κ3) is 4.53. The van der Waals surface area contributed by atoms with E-state index < -0.39 is 23.0 Å². The van der Waals surface area contributed by atoms with Crippen LogP contribution in [0.25, 0.3) is 0 Å². The van der Waals surface area contributed by atoms with Crippen LogP contribution in [-0.4, -0.2) is 55.5 Å². The minimum Gasteiger partial charge on any atom is -0.579 e. The second kappa shape index (κ2) is 8.04. The minimum absolute atomic E-state index is 0.0138. The van der Waals surface area contributed by atoms with Crippen LogP contribution in [0.4, 0.5) is 20.3 Å². The molecule has 0 amide bonds. The first kappa shape index (κ1) is 19.9. The number of nitrogens with zero attached hydrogens (tertiary/aromatic N) is 4. The standard InChI is InChI=1S/C13H14BrF2N7O3S/c14-8-3-7(1-2-9(8)15)19-12(20-24)10-11(22-26-21-10)18-4-13(16)5-23(6-13)27(17)25/h1-3,24H,4-6,17H2,(H,18,22)(H,19,20). The van der Waals surface area contributed by atoms with E-state index in [9.17, 15) is 18.5 Å². The van der Waals surface area contributed by atoms with E-state index in [1.165, 1.54) is 22.5 Å². The molecule has 1 fully saturated rings. The summed E-state index contributed by atoms with van der Waals surface area (Å²) in [6.45, 7) is -0.387. The maximum absolute atomic E-state index is 14.4. The molecule has 5 N–H and O–H groups in total. The normalized spacial score (nSPS) is 18.1. The molecule has 14 heteroatoms. The summed E-state index contributed by atoms with van der Waals surface area (Å²) in [6.07, 6.45) is 0. The van der Waals surface area contributed by atoms with E-state index in [0.29, 0.717) is 5.69 Å². The molecule has 0 radical (unpaired) electrons. The van der Waals surface area contributed by atoms with Crippen LogP contribution in [0.5, 0.6) is 0 Å². The van der Waals surface area contributed by atoms with Gasteiger partial charge in [0, 0.05) is 0 Å². The van der Waals surface area contributed by atoms with Gasteiger partial charge < -0.3 is 9.87 Å². The lowest BCUT2D eigenvalue weighted by atomic mass is 9.99. The van der Waals surface area contributed by atoms with Crippen molar-refractivity contribution in [3.63, 3.8) is 0 Å². The molecule has 1 atom stereocenters. The Balaban J connectivity index is 1.73. The van der Waals surface area contributed by atoms with E-state index in [-0.39, 0.29) is 41.5 Å². The first-order chi connectivity index (χ1) is 12.8. The van der Waals surface area contributed by atoms with Crippen LogP contribution < -0.4 is 15.9 Å². The number of hydroxylamine groups is 1. The molecule has 1 saturated heterocycles. The number of anilines is 1. The van der Waals surface area contributed by atoms with Crippen molar-refractivity contribution in [3.8, 4) is 0 Å². The van der Waals surface area contributed by atoms with Gasteiger partial charge in [0.25, 0.3) is 0 Å². The van der Waals surface area contributed by atoms with Gasteiger partial charge in [0.1, 0.15) is 17.4 Å². The molecule has 1 aliphatic rings. The third-order valence-corrected chi connectivity index (χ3v) is 5.08. The molecular formula is C13H14BrF2N7O3S. The fourth-order valence-electron chi connectivity index (χ4n) is 2.34. The monoisotopic (exact) mass is 465 g/mol. The number of aliphatic imine (C=N–C) groups is 1. The highest BCUT2D eigenvalue weighted by Gasteiger charge is 2.49. The lowest BCUT2D eigenvalue weighted by Crippen LogP contribution is -2.64. The zero-order valence-electron chi connectivity index (χ0n) is 13.5. The maximum Gasteiger partial charge on any atom is 0.202 e. The molecule has 1 unspecified atom stereocenters. The first-order valence-electron chi connectivity index (χ1n) is 7.42. The summed E-state index contributed by atoms with van der Waals surface area (Å²) in [7, 11) is 0. The van der Waals surface area contributed by atoms with Crippen molar-refractivity contribution in [1.29, 1.82) is 0 Å². The largest absolute Gasteiger partial charge is 0.579 e. The Bertz CT molecular complexity index is 847. The Kier molecular flexibility index (Phi) is 5.92. The molecule has 146 valence electrons. The number of benzene rings is 1. The summed E-state index contributed by atoms with van der Waals surface area (Å²) in [4.78, 5) is 4.09. The predicted molar refractivity (Wildman–Crippen MR) is 95.7 cm³/mol. The number of halogens is 3. The van der Waals surface area contributed by atoms with Gasteiger partial charge >= 0.3 is 0 Å². The minimum atomic E-state index is -1.72. The van der Waals surface area contributed by atoms with Gasteiger partial charge in [-0.15, -0.1) is 9.44 Å².